The third kappa shape index (κ3) is 2.91. The summed E-state index contributed by atoms with van der Waals surface area (Å²) in [6, 6.07) is 7.49. The van der Waals surface area contributed by atoms with Crippen LogP contribution in [0.5, 0.6) is 0 Å². The Hall–Kier alpha value is -2.38. The largest absolute Gasteiger partial charge is 0.350 e. The maximum absolute atomic E-state index is 13.2. The topological polar surface area (TPSA) is 78.8 Å². The molecule has 0 bridgehead atoms. The van der Waals surface area contributed by atoms with Crippen LogP contribution in [0.15, 0.2) is 24.3 Å². The van der Waals surface area contributed by atoms with Gasteiger partial charge in [-0.05, 0) is 31.0 Å². The molecule has 0 unspecified atom stereocenters. The van der Waals surface area contributed by atoms with Crippen molar-refractivity contribution in [2.24, 2.45) is 0 Å². The predicted molar refractivity (Wildman–Crippen MR) is 103 cm³/mol. The fraction of sp³-hybridized carbons (Fsp3) is 0.421. The van der Waals surface area contributed by atoms with E-state index in [1.165, 1.54) is 0 Å². The number of hydrogen-bond donors (Lipinski definition) is 2. The Morgan fingerprint density at radius 2 is 2.11 bits per heavy atom. The molecule has 2 aliphatic rings. The van der Waals surface area contributed by atoms with Gasteiger partial charge in [0.1, 0.15) is 11.5 Å². The molecule has 4 heterocycles. The fourth-order valence-corrected chi connectivity index (χ4v) is 4.36. The van der Waals surface area contributed by atoms with Crippen LogP contribution in [-0.2, 0) is 13.0 Å². The Morgan fingerprint density at radius 3 is 3.04 bits per heavy atom. The van der Waals surface area contributed by atoms with E-state index >= 15 is 0 Å². The van der Waals surface area contributed by atoms with E-state index in [2.05, 4.69) is 25.1 Å². The molecule has 2 N–H and O–H groups in total. The first kappa shape index (κ1) is 16.8. The van der Waals surface area contributed by atoms with E-state index in [4.69, 9.17) is 11.6 Å². The van der Waals surface area contributed by atoms with E-state index in [9.17, 15) is 4.79 Å². The summed E-state index contributed by atoms with van der Waals surface area (Å²) in [6.07, 6.45) is 2.77. The van der Waals surface area contributed by atoms with Crippen LogP contribution in [0.1, 0.15) is 41.0 Å². The van der Waals surface area contributed by atoms with E-state index in [1.54, 1.807) is 0 Å². The lowest BCUT2D eigenvalue weighted by Gasteiger charge is -2.24. The molecule has 1 saturated heterocycles. The van der Waals surface area contributed by atoms with E-state index in [0.29, 0.717) is 10.7 Å². The lowest BCUT2D eigenvalue weighted by atomic mass is 10.2. The number of likely N-dealkylation sites (tertiary alicyclic amines) is 1. The van der Waals surface area contributed by atoms with E-state index in [0.717, 1.165) is 68.0 Å². The van der Waals surface area contributed by atoms with Gasteiger partial charge >= 0.3 is 0 Å². The van der Waals surface area contributed by atoms with Crippen molar-refractivity contribution < 1.29 is 4.79 Å². The highest BCUT2D eigenvalue weighted by Gasteiger charge is 2.35. The molecule has 2 aromatic heterocycles. The van der Waals surface area contributed by atoms with Crippen molar-refractivity contribution in [2.75, 3.05) is 19.6 Å². The highest BCUT2D eigenvalue weighted by molar-refractivity contribution is 6.31. The third-order valence-corrected chi connectivity index (χ3v) is 5.76. The average molecular weight is 385 g/mol. The van der Waals surface area contributed by atoms with E-state index in [1.807, 2.05) is 29.2 Å². The number of halogens is 1. The number of amides is 1. The van der Waals surface area contributed by atoms with Crippen molar-refractivity contribution in [3.8, 4) is 0 Å². The van der Waals surface area contributed by atoms with Crippen LogP contribution >= 0.6 is 11.6 Å². The summed E-state index contributed by atoms with van der Waals surface area (Å²) in [5.74, 6) is 1.93. The molecule has 2 aliphatic heterocycles. The van der Waals surface area contributed by atoms with Gasteiger partial charge in [-0.25, -0.2) is 0 Å². The van der Waals surface area contributed by atoms with Gasteiger partial charge in [0.25, 0.3) is 5.91 Å². The Morgan fingerprint density at radius 1 is 1.19 bits per heavy atom. The first-order valence-electron chi connectivity index (χ1n) is 9.42. The second-order valence-electron chi connectivity index (χ2n) is 7.20. The number of fused-ring (bicyclic) bond motifs is 2. The Bertz CT molecular complexity index is 1010. The van der Waals surface area contributed by atoms with Gasteiger partial charge in [0.2, 0.25) is 0 Å². The number of nitrogens with one attached hydrogen (secondary N) is 2. The van der Waals surface area contributed by atoms with Gasteiger partial charge in [-0.3, -0.25) is 4.79 Å². The molecule has 27 heavy (non-hydrogen) atoms. The normalized spacial score (nSPS) is 20.0. The summed E-state index contributed by atoms with van der Waals surface area (Å²) in [7, 11) is 0. The van der Waals surface area contributed by atoms with Crippen molar-refractivity contribution >= 4 is 28.4 Å². The molecule has 0 aliphatic carbocycles. The molecule has 1 amide bonds. The first-order valence-corrected chi connectivity index (χ1v) is 9.80. The number of aromatic amines is 1. The lowest BCUT2D eigenvalue weighted by Crippen LogP contribution is -2.32. The summed E-state index contributed by atoms with van der Waals surface area (Å²) in [5.41, 5.74) is 1.47. The molecule has 5 rings (SSSR count). The standard InChI is InChI=1S/C19H21ClN6O/c20-13-4-3-12-10-15(22-14(12)11-13)19(27)25-8-1-2-16(25)18-24-23-17-5-6-21-7-9-26(17)18/h3-4,10-11,16,21-22H,1-2,5-9H2/t16-/m0/s1. The van der Waals surface area contributed by atoms with Crippen LogP contribution in [-0.4, -0.2) is 50.2 Å². The molecule has 1 fully saturated rings. The van der Waals surface area contributed by atoms with Gasteiger partial charge in [0.15, 0.2) is 5.82 Å². The molecule has 8 heteroatoms. The smallest absolute Gasteiger partial charge is 0.270 e. The second kappa shape index (κ2) is 6.65. The molecule has 1 aromatic carbocycles. The van der Waals surface area contributed by atoms with Crippen LogP contribution in [0.25, 0.3) is 10.9 Å². The SMILES string of the molecule is O=C(c1cc2ccc(Cl)cc2[nH]1)N1CCC[C@H]1c1nnc2n1CCNCC2. The molecule has 3 aromatic rings. The Kier molecular flexibility index (Phi) is 4.13. The average Bonchev–Trinajstić information content (AvgIpc) is 3.35. The summed E-state index contributed by atoms with van der Waals surface area (Å²) in [5, 5.41) is 13.9. The van der Waals surface area contributed by atoms with Gasteiger partial charge in [-0.15, -0.1) is 10.2 Å². The minimum Gasteiger partial charge on any atom is -0.350 e. The first-order chi connectivity index (χ1) is 13.2. The molecule has 0 radical (unpaired) electrons. The van der Waals surface area contributed by atoms with Crippen molar-refractivity contribution in [2.45, 2.75) is 31.8 Å². The summed E-state index contributed by atoms with van der Waals surface area (Å²) in [4.78, 5) is 18.4. The monoisotopic (exact) mass is 384 g/mol. The Balaban J connectivity index is 1.47. The van der Waals surface area contributed by atoms with Gasteiger partial charge in [-0.1, -0.05) is 17.7 Å². The molecular formula is C19H21ClN6O. The molecule has 1 atom stereocenters. The zero-order chi connectivity index (χ0) is 18.4. The minimum absolute atomic E-state index is 0.00826. The van der Waals surface area contributed by atoms with Gasteiger partial charge in [0, 0.05) is 48.5 Å². The third-order valence-electron chi connectivity index (χ3n) is 5.52. The molecule has 7 nitrogen and oxygen atoms in total. The van der Waals surface area contributed by atoms with Crippen molar-refractivity contribution in [1.82, 2.24) is 30.0 Å². The number of aromatic nitrogens is 4. The van der Waals surface area contributed by atoms with Crippen LogP contribution < -0.4 is 5.32 Å². The van der Waals surface area contributed by atoms with Crippen LogP contribution in [0.3, 0.4) is 0 Å². The molecule has 140 valence electrons. The predicted octanol–water partition coefficient (Wildman–Crippen LogP) is 2.54. The summed E-state index contributed by atoms with van der Waals surface area (Å²) in [6.45, 7) is 3.41. The van der Waals surface area contributed by atoms with Crippen LogP contribution in [0.4, 0.5) is 0 Å². The zero-order valence-electron chi connectivity index (χ0n) is 14.9. The van der Waals surface area contributed by atoms with Gasteiger partial charge in [0.05, 0.1) is 6.04 Å². The molecule has 0 spiro atoms. The number of nitrogens with zero attached hydrogens (tertiary/aromatic N) is 4. The Labute approximate surface area is 161 Å². The number of rotatable bonds is 2. The van der Waals surface area contributed by atoms with E-state index in [-0.39, 0.29) is 11.9 Å². The van der Waals surface area contributed by atoms with Crippen molar-refractivity contribution in [3.63, 3.8) is 0 Å². The van der Waals surface area contributed by atoms with Crippen molar-refractivity contribution in [1.29, 1.82) is 0 Å². The number of benzene rings is 1. The number of carbonyl (C=O) groups is 1. The van der Waals surface area contributed by atoms with E-state index < -0.39 is 0 Å². The molecular weight excluding hydrogens is 364 g/mol. The maximum atomic E-state index is 13.2. The minimum atomic E-state index is -0.0214. The zero-order valence-corrected chi connectivity index (χ0v) is 15.7. The maximum Gasteiger partial charge on any atom is 0.270 e. The van der Waals surface area contributed by atoms with Gasteiger partial charge in [-0.2, -0.15) is 0 Å². The lowest BCUT2D eigenvalue weighted by molar-refractivity contribution is 0.0722. The van der Waals surface area contributed by atoms with Crippen LogP contribution in [0, 0.1) is 0 Å². The number of hydrogen-bond acceptors (Lipinski definition) is 4. The summed E-state index contributed by atoms with van der Waals surface area (Å²) >= 11 is 6.07. The fourth-order valence-electron chi connectivity index (χ4n) is 4.19. The highest BCUT2D eigenvalue weighted by atomic mass is 35.5. The van der Waals surface area contributed by atoms with Crippen LogP contribution in [0.2, 0.25) is 5.02 Å². The summed E-state index contributed by atoms with van der Waals surface area (Å²) < 4.78 is 2.20. The quantitative estimate of drug-likeness (QED) is 0.711. The number of carbonyl (C=O) groups excluding carboxylic acids is 1. The van der Waals surface area contributed by atoms with Gasteiger partial charge < -0.3 is 19.8 Å². The highest BCUT2D eigenvalue weighted by Crippen LogP contribution is 2.33. The molecule has 0 saturated carbocycles. The van der Waals surface area contributed by atoms with Crippen molar-refractivity contribution in [3.05, 3.63) is 46.6 Å². The number of H-pyrrole nitrogens is 1. The second-order valence-corrected chi connectivity index (χ2v) is 7.63.